The number of hydrogen-bond donors (Lipinski definition) is 0. The normalized spacial score (nSPS) is 16.0. The van der Waals surface area contributed by atoms with Gasteiger partial charge in [-0.25, -0.2) is 13.8 Å². The van der Waals surface area contributed by atoms with Crippen LogP contribution in [0.25, 0.3) is 21.3 Å². The summed E-state index contributed by atoms with van der Waals surface area (Å²) >= 11 is 6.70. The van der Waals surface area contributed by atoms with Gasteiger partial charge in [-0.3, -0.25) is 14.2 Å². The van der Waals surface area contributed by atoms with Gasteiger partial charge in [-0.05, 0) is 17.7 Å². The maximum Gasteiger partial charge on any atom is 0.449 e. The number of alkyl halides is 5. The molecule has 0 atom stereocenters. The van der Waals surface area contributed by atoms with E-state index in [1.165, 1.54) is 5.38 Å². The SMILES string of the molecule is O=C(Cn1c(C(F)(F)F)nc2scc(-c3ccc(Cl)cc3)c2c1=O)N1CC(F)(F)C1. The van der Waals surface area contributed by atoms with E-state index in [9.17, 15) is 31.5 Å². The van der Waals surface area contributed by atoms with Crippen LogP contribution >= 0.6 is 22.9 Å². The Bertz CT molecular complexity index is 1200. The summed E-state index contributed by atoms with van der Waals surface area (Å²) in [6.45, 7) is -2.83. The average Bonchev–Trinajstić information content (AvgIpc) is 3.05. The van der Waals surface area contributed by atoms with Gasteiger partial charge in [0.25, 0.3) is 11.5 Å². The number of benzene rings is 1. The fourth-order valence-electron chi connectivity index (χ4n) is 3.15. The van der Waals surface area contributed by atoms with Crippen LogP contribution in [0.2, 0.25) is 5.02 Å². The van der Waals surface area contributed by atoms with Crippen molar-refractivity contribution in [3.05, 3.63) is 50.8 Å². The first-order chi connectivity index (χ1) is 14.0. The van der Waals surface area contributed by atoms with Crippen LogP contribution in [0.15, 0.2) is 34.4 Å². The Kier molecular flexibility index (Phi) is 4.85. The zero-order chi connectivity index (χ0) is 21.8. The highest BCUT2D eigenvalue weighted by atomic mass is 35.5. The largest absolute Gasteiger partial charge is 0.449 e. The lowest BCUT2D eigenvalue weighted by molar-refractivity contribution is -0.167. The third-order valence-corrected chi connectivity index (χ3v) is 5.72. The summed E-state index contributed by atoms with van der Waals surface area (Å²) in [4.78, 5) is 29.3. The number of likely N-dealkylation sites (tertiary alicyclic amines) is 1. The molecule has 0 spiro atoms. The standard InChI is InChI=1S/C18H11ClF5N3O2S/c19-10-3-1-9(2-4-10)11-6-30-14-13(11)15(29)27(16(25-14)18(22,23)24)5-12(28)26-7-17(20,21)8-26/h1-4,6H,5,7-8H2. The van der Waals surface area contributed by atoms with Crippen molar-refractivity contribution in [3.63, 3.8) is 0 Å². The van der Waals surface area contributed by atoms with Gasteiger partial charge in [0, 0.05) is 16.0 Å². The van der Waals surface area contributed by atoms with Gasteiger partial charge >= 0.3 is 6.18 Å². The Morgan fingerprint density at radius 1 is 1.20 bits per heavy atom. The molecule has 0 radical (unpaired) electrons. The molecule has 30 heavy (non-hydrogen) atoms. The van der Waals surface area contributed by atoms with E-state index in [2.05, 4.69) is 4.98 Å². The van der Waals surface area contributed by atoms with Gasteiger partial charge < -0.3 is 4.90 Å². The number of hydrogen-bond acceptors (Lipinski definition) is 4. The molecule has 3 heterocycles. The lowest BCUT2D eigenvalue weighted by Crippen LogP contribution is -2.59. The Balaban J connectivity index is 1.83. The van der Waals surface area contributed by atoms with E-state index >= 15 is 0 Å². The first-order valence-electron chi connectivity index (χ1n) is 8.47. The molecule has 1 amide bonds. The van der Waals surface area contributed by atoms with E-state index in [1.807, 2.05) is 0 Å². The van der Waals surface area contributed by atoms with Crippen LogP contribution in [0.1, 0.15) is 5.82 Å². The van der Waals surface area contributed by atoms with Crippen LogP contribution in [0.3, 0.4) is 0 Å². The van der Waals surface area contributed by atoms with Crippen molar-refractivity contribution in [1.29, 1.82) is 0 Å². The van der Waals surface area contributed by atoms with Crippen LogP contribution in [-0.2, 0) is 17.5 Å². The van der Waals surface area contributed by atoms with Crippen LogP contribution in [0, 0.1) is 0 Å². The average molecular weight is 464 g/mol. The van der Waals surface area contributed by atoms with E-state index < -0.39 is 49.0 Å². The molecule has 4 rings (SSSR count). The molecule has 1 saturated heterocycles. The number of nitrogens with zero attached hydrogens (tertiary/aromatic N) is 3. The number of amides is 1. The Morgan fingerprint density at radius 3 is 2.40 bits per heavy atom. The summed E-state index contributed by atoms with van der Waals surface area (Å²) < 4.78 is 66.8. The molecule has 0 bridgehead atoms. The van der Waals surface area contributed by atoms with Gasteiger partial charge in [0.2, 0.25) is 11.7 Å². The minimum atomic E-state index is -5.02. The van der Waals surface area contributed by atoms with Crippen molar-refractivity contribution in [2.45, 2.75) is 18.6 Å². The van der Waals surface area contributed by atoms with Crippen molar-refractivity contribution in [1.82, 2.24) is 14.5 Å². The highest BCUT2D eigenvalue weighted by Gasteiger charge is 2.47. The number of thiophene rings is 1. The van der Waals surface area contributed by atoms with Gasteiger partial charge in [-0.15, -0.1) is 11.3 Å². The molecule has 158 valence electrons. The second-order valence-corrected chi connectivity index (χ2v) is 8.06. The molecule has 0 N–H and O–H groups in total. The first kappa shape index (κ1) is 20.7. The monoisotopic (exact) mass is 463 g/mol. The molecule has 1 aliphatic rings. The van der Waals surface area contributed by atoms with E-state index in [0.717, 1.165) is 11.3 Å². The second-order valence-electron chi connectivity index (χ2n) is 6.77. The molecule has 1 aliphatic heterocycles. The summed E-state index contributed by atoms with van der Waals surface area (Å²) in [5.41, 5.74) is -0.196. The quantitative estimate of drug-likeness (QED) is 0.545. The zero-order valence-corrected chi connectivity index (χ0v) is 16.4. The second kappa shape index (κ2) is 7.02. The number of carbonyl (C=O) groups is 1. The van der Waals surface area contributed by atoms with Crippen molar-refractivity contribution < 1.29 is 26.7 Å². The molecular weight excluding hydrogens is 453 g/mol. The van der Waals surface area contributed by atoms with Crippen molar-refractivity contribution >= 4 is 39.1 Å². The molecule has 5 nitrogen and oxygen atoms in total. The fourth-order valence-corrected chi connectivity index (χ4v) is 4.22. The molecule has 1 aromatic carbocycles. The molecule has 0 saturated carbocycles. The summed E-state index contributed by atoms with van der Waals surface area (Å²) in [5, 5.41) is 1.84. The van der Waals surface area contributed by atoms with Crippen LogP contribution < -0.4 is 5.56 Å². The highest BCUT2D eigenvalue weighted by Crippen LogP contribution is 2.35. The van der Waals surface area contributed by atoms with Gasteiger partial charge in [0.15, 0.2) is 0 Å². The fraction of sp³-hybridized carbons (Fsp3) is 0.278. The van der Waals surface area contributed by atoms with Gasteiger partial charge in [-0.1, -0.05) is 23.7 Å². The molecule has 3 aromatic rings. The Hall–Kier alpha value is -2.53. The molecular formula is C18H11ClF5N3O2S. The van der Waals surface area contributed by atoms with Gasteiger partial charge in [0.05, 0.1) is 18.5 Å². The minimum absolute atomic E-state index is 0.0861. The number of halogens is 6. The number of aromatic nitrogens is 2. The van der Waals surface area contributed by atoms with Gasteiger partial charge in [0.1, 0.15) is 11.4 Å². The summed E-state index contributed by atoms with van der Waals surface area (Å²) in [7, 11) is 0. The molecule has 0 aliphatic carbocycles. The molecule has 2 aromatic heterocycles. The Labute approximate surface area is 174 Å². The summed E-state index contributed by atoms with van der Waals surface area (Å²) in [6, 6.07) is 6.31. The van der Waals surface area contributed by atoms with E-state index in [-0.39, 0.29) is 14.8 Å². The lowest BCUT2D eigenvalue weighted by atomic mass is 10.1. The van der Waals surface area contributed by atoms with Crippen LogP contribution in [-0.4, -0.2) is 39.4 Å². The van der Waals surface area contributed by atoms with Crippen molar-refractivity contribution in [2.24, 2.45) is 0 Å². The van der Waals surface area contributed by atoms with Crippen molar-refractivity contribution in [3.8, 4) is 11.1 Å². The topological polar surface area (TPSA) is 55.2 Å². The maximum atomic E-state index is 13.5. The third-order valence-electron chi connectivity index (χ3n) is 4.59. The summed E-state index contributed by atoms with van der Waals surface area (Å²) in [5.74, 6) is -5.65. The van der Waals surface area contributed by atoms with E-state index in [0.29, 0.717) is 21.0 Å². The lowest BCUT2D eigenvalue weighted by Gasteiger charge is -2.38. The predicted molar refractivity (Wildman–Crippen MR) is 101 cm³/mol. The van der Waals surface area contributed by atoms with Crippen LogP contribution in [0.4, 0.5) is 22.0 Å². The molecule has 0 unspecified atom stereocenters. The minimum Gasteiger partial charge on any atom is -0.329 e. The first-order valence-corrected chi connectivity index (χ1v) is 9.73. The summed E-state index contributed by atoms with van der Waals surface area (Å²) in [6.07, 6.45) is -5.02. The third kappa shape index (κ3) is 3.67. The van der Waals surface area contributed by atoms with E-state index in [4.69, 9.17) is 11.6 Å². The predicted octanol–water partition coefficient (Wildman–Crippen LogP) is 4.27. The highest BCUT2D eigenvalue weighted by molar-refractivity contribution is 7.17. The van der Waals surface area contributed by atoms with E-state index in [1.54, 1.807) is 24.3 Å². The number of rotatable bonds is 3. The van der Waals surface area contributed by atoms with Crippen molar-refractivity contribution in [2.75, 3.05) is 13.1 Å². The molecule has 12 heteroatoms. The number of carbonyl (C=O) groups excluding carboxylic acids is 1. The molecule has 1 fully saturated rings. The smallest absolute Gasteiger partial charge is 0.329 e. The van der Waals surface area contributed by atoms with Crippen LogP contribution in [0.5, 0.6) is 0 Å². The zero-order valence-electron chi connectivity index (χ0n) is 14.8. The van der Waals surface area contributed by atoms with Gasteiger partial charge in [-0.2, -0.15) is 13.2 Å². The number of fused-ring (bicyclic) bond motifs is 1. The Morgan fingerprint density at radius 2 is 1.83 bits per heavy atom. The maximum absolute atomic E-state index is 13.5.